The van der Waals surface area contributed by atoms with Crippen LogP contribution in [-0.4, -0.2) is 15.6 Å². The number of aliphatic carboxylic acids is 1. The minimum atomic E-state index is -4.40. The molecule has 1 N–H and O–H groups in total. The van der Waals surface area contributed by atoms with Gasteiger partial charge in [0.05, 0.1) is 29.7 Å². The van der Waals surface area contributed by atoms with Gasteiger partial charge in [0.15, 0.2) is 0 Å². The van der Waals surface area contributed by atoms with Gasteiger partial charge >= 0.3 is 12.1 Å². The summed E-state index contributed by atoms with van der Waals surface area (Å²) in [5.41, 5.74) is 3.51. The molecule has 2 atom stereocenters. The van der Waals surface area contributed by atoms with Crippen molar-refractivity contribution in [3.05, 3.63) is 70.4 Å². The molecule has 0 aliphatic heterocycles. The van der Waals surface area contributed by atoms with Gasteiger partial charge in [-0.15, -0.1) is 0 Å². The van der Waals surface area contributed by atoms with Gasteiger partial charge in [-0.05, 0) is 67.1 Å². The fourth-order valence-corrected chi connectivity index (χ4v) is 5.20. The molecule has 0 radical (unpaired) electrons. The van der Waals surface area contributed by atoms with Crippen molar-refractivity contribution in [3.63, 3.8) is 0 Å². The molecule has 4 nitrogen and oxygen atoms in total. The maximum atomic E-state index is 13.1. The van der Waals surface area contributed by atoms with E-state index in [-0.39, 0.29) is 18.4 Å². The van der Waals surface area contributed by atoms with Gasteiger partial charge in [0, 0.05) is 22.5 Å². The summed E-state index contributed by atoms with van der Waals surface area (Å²) in [4.78, 5) is 11.6. The van der Waals surface area contributed by atoms with E-state index in [0.29, 0.717) is 12.0 Å². The van der Waals surface area contributed by atoms with E-state index < -0.39 is 17.7 Å². The number of aryl methyl sites for hydroxylation is 1. The fraction of sp³-hybridized carbons (Fsp3) is 0.385. The minimum Gasteiger partial charge on any atom is -0.481 e. The summed E-state index contributed by atoms with van der Waals surface area (Å²) in [7, 11) is 0. The summed E-state index contributed by atoms with van der Waals surface area (Å²) in [5.74, 6) is -1.05. The summed E-state index contributed by atoms with van der Waals surface area (Å²) in [6, 6.07) is 12.7. The highest BCUT2D eigenvalue weighted by molar-refractivity contribution is 5.88. The second-order valence-electron chi connectivity index (χ2n) is 8.69. The molecule has 7 heteroatoms. The van der Waals surface area contributed by atoms with Crippen LogP contribution in [0.15, 0.2) is 42.5 Å². The molecule has 1 aliphatic rings. The van der Waals surface area contributed by atoms with Gasteiger partial charge in [0.25, 0.3) is 0 Å². The van der Waals surface area contributed by atoms with E-state index in [9.17, 15) is 28.3 Å². The number of hydrogen-bond donors (Lipinski definition) is 1. The van der Waals surface area contributed by atoms with Crippen LogP contribution in [0.4, 0.5) is 13.2 Å². The lowest BCUT2D eigenvalue weighted by molar-refractivity contribution is -0.138. The summed E-state index contributed by atoms with van der Waals surface area (Å²) < 4.78 is 41.5. The van der Waals surface area contributed by atoms with Crippen LogP contribution < -0.4 is 0 Å². The first-order chi connectivity index (χ1) is 15.7. The monoisotopic (exact) mass is 454 g/mol. The number of benzene rings is 2. The highest BCUT2D eigenvalue weighted by atomic mass is 19.4. The molecule has 2 aromatic carbocycles. The average molecular weight is 454 g/mol. The number of fused-ring (bicyclic) bond motifs is 3. The third kappa shape index (κ3) is 4.35. The van der Waals surface area contributed by atoms with Gasteiger partial charge in [0.1, 0.15) is 0 Å². The number of alkyl halides is 3. The SMILES string of the molecule is CCCC(c1ccc(C(F)(F)F)cc1)n1c2c(c3cc(C#N)ccc31)CCCC2CC(=O)O. The smallest absolute Gasteiger partial charge is 0.416 e. The van der Waals surface area contributed by atoms with E-state index in [1.807, 2.05) is 19.1 Å². The van der Waals surface area contributed by atoms with E-state index >= 15 is 0 Å². The molecule has 0 amide bonds. The van der Waals surface area contributed by atoms with Crippen molar-refractivity contribution in [2.45, 2.75) is 63.6 Å². The lowest BCUT2D eigenvalue weighted by Gasteiger charge is -2.29. The molecule has 1 heterocycles. The standard InChI is InChI=1S/C26H25F3N2O2/c1-2-4-22(17-8-10-19(11-9-17)26(27,28)29)31-23-12-7-16(15-30)13-21(23)20-6-3-5-18(25(20)31)14-24(32)33/h7-13,18,22H,2-6,14H2,1H3,(H,32,33). The molecule has 0 fully saturated rings. The van der Waals surface area contributed by atoms with E-state index in [4.69, 9.17) is 0 Å². The molecule has 2 unspecified atom stereocenters. The Morgan fingerprint density at radius 2 is 1.97 bits per heavy atom. The van der Waals surface area contributed by atoms with E-state index in [1.165, 1.54) is 12.1 Å². The molecule has 172 valence electrons. The van der Waals surface area contributed by atoms with Gasteiger partial charge in [-0.2, -0.15) is 18.4 Å². The molecule has 0 saturated heterocycles. The number of aromatic nitrogens is 1. The van der Waals surface area contributed by atoms with Crippen LogP contribution in [0.5, 0.6) is 0 Å². The van der Waals surface area contributed by atoms with Crippen LogP contribution in [0, 0.1) is 11.3 Å². The normalized spacial score (nSPS) is 16.9. The lowest BCUT2D eigenvalue weighted by Crippen LogP contribution is -2.21. The van der Waals surface area contributed by atoms with Crippen molar-refractivity contribution >= 4 is 16.9 Å². The number of nitrogens with zero attached hydrogens (tertiary/aromatic N) is 2. The van der Waals surface area contributed by atoms with E-state index in [1.54, 1.807) is 6.07 Å². The highest BCUT2D eigenvalue weighted by Crippen LogP contribution is 2.44. The Hall–Kier alpha value is -3.27. The van der Waals surface area contributed by atoms with Crippen molar-refractivity contribution in [2.24, 2.45) is 0 Å². The minimum absolute atomic E-state index is 0.000283. The molecule has 0 bridgehead atoms. The fourth-order valence-electron chi connectivity index (χ4n) is 5.20. The maximum Gasteiger partial charge on any atom is 0.416 e. The van der Waals surface area contributed by atoms with Gasteiger partial charge in [-0.3, -0.25) is 4.79 Å². The topological polar surface area (TPSA) is 66.0 Å². The zero-order valence-electron chi connectivity index (χ0n) is 18.3. The van der Waals surface area contributed by atoms with Crippen LogP contribution >= 0.6 is 0 Å². The first kappa shape index (κ1) is 22.9. The predicted octanol–water partition coefficient (Wildman–Crippen LogP) is 6.82. The number of hydrogen-bond acceptors (Lipinski definition) is 2. The predicted molar refractivity (Wildman–Crippen MR) is 119 cm³/mol. The zero-order valence-corrected chi connectivity index (χ0v) is 18.3. The molecule has 4 rings (SSSR count). The Kier molecular flexibility index (Phi) is 6.20. The first-order valence-electron chi connectivity index (χ1n) is 11.2. The quantitative estimate of drug-likeness (QED) is 0.445. The third-order valence-corrected chi connectivity index (χ3v) is 6.56. The van der Waals surface area contributed by atoms with Crippen LogP contribution in [0.1, 0.15) is 78.9 Å². The van der Waals surface area contributed by atoms with Crippen LogP contribution in [0.2, 0.25) is 0 Å². The molecule has 1 aliphatic carbocycles. The molecule has 0 saturated carbocycles. The highest BCUT2D eigenvalue weighted by Gasteiger charge is 2.33. The van der Waals surface area contributed by atoms with Gasteiger partial charge in [0.2, 0.25) is 0 Å². The second kappa shape index (κ2) is 8.93. The third-order valence-electron chi connectivity index (χ3n) is 6.56. The van der Waals surface area contributed by atoms with Gasteiger partial charge in [-0.25, -0.2) is 0 Å². The number of carbonyl (C=O) groups is 1. The first-order valence-corrected chi connectivity index (χ1v) is 11.2. The molecule has 0 spiro atoms. The number of halogens is 3. The van der Waals surface area contributed by atoms with Crippen LogP contribution in [0.25, 0.3) is 10.9 Å². The molecule has 1 aromatic heterocycles. The number of nitriles is 1. The van der Waals surface area contributed by atoms with Crippen molar-refractivity contribution in [3.8, 4) is 6.07 Å². The van der Waals surface area contributed by atoms with Gasteiger partial charge < -0.3 is 9.67 Å². The van der Waals surface area contributed by atoms with Crippen LogP contribution in [-0.2, 0) is 17.4 Å². The number of carboxylic acid groups (broad SMARTS) is 1. The largest absolute Gasteiger partial charge is 0.481 e. The lowest BCUT2D eigenvalue weighted by atomic mass is 9.84. The molecular formula is C26H25F3N2O2. The number of rotatable bonds is 6. The maximum absolute atomic E-state index is 13.1. The van der Waals surface area contributed by atoms with Crippen molar-refractivity contribution < 1.29 is 23.1 Å². The average Bonchev–Trinajstić information content (AvgIpc) is 3.11. The Balaban J connectivity index is 1.95. The summed E-state index contributed by atoms with van der Waals surface area (Å²) in [6.07, 6.45) is -0.512. The number of carboxylic acids is 1. The van der Waals surface area contributed by atoms with Gasteiger partial charge in [-0.1, -0.05) is 25.5 Å². The summed E-state index contributed by atoms with van der Waals surface area (Å²) in [5, 5.41) is 19.9. The van der Waals surface area contributed by atoms with Crippen molar-refractivity contribution in [2.75, 3.05) is 0 Å². The molecular weight excluding hydrogens is 429 g/mol. The van der Waals surface area contributed by atoms with E-state index in [2.05, 4.69) is 10.6 Å². The van der Waals surface area contributed by atoms with Crippen LogP contribution in [0.3, 0.4) is 0 Å². The Morgan fingerprint density at radius 3 is 2.58 bits per heavy atom. The summed E-state index contributed by atoms with van der Waals surface area (Å²) in [6.45, 7) is 2.03. The second-order valence-corrected chi connectivity index (χ2v) is 8.69. The van der Waals surface area contributed by atoms with Crippen molar-refractivity contribution in [1.29, 1.82) is 5.26 Å². The Bertz CT molecular complexity index is 1220. The summed E-state index contributed by atoms with van der Waals surface area (Å²) >= 11 is 0. The Labute approximate surface area is 190 Å². The Morgan fingerprint density at radius 1 is 1.24 bits per heavy atom. The molecule has 33 heavy (non-hydrogen) atoms. The zero-order chi connectivity index (χ0) is 23.8. The van der Waals surface area contributed by atoms with E-state index in [0.717, 1.165) is 65.5 Å². The molecule has 3 aromatic rings. The van der Waals surface area contributed by atoms with Crippen molar-refractivity contribution in [1.82, 2.24) is 4.57 Å².